The summed E-state index contributed by atoms with van der Waals surface area (Å²) in [4.78, 5) is 16.5. The normalized spacial score (nSPS) is 10.8. The van der Waals surface area contributed by atoms with Crippen molar-refractivity contribution in [3.05, 3.63) is 70.6 Å². The summed E-state index contributed by atoms with van der Waals surface area (Å²) in [7, 11) is 0. The van der Waals surface area contributed by atoms with Crippen LogP contribution >= 0.6 is 11.6 Å². The molecule has 1 aromatic carbocycles. The lowest BCUT2D eigenvalue weighted by Crippen LogP contribution is -2.23. The van der Waals surface area contributed by atoms with Gasteiger partial charge in [0.05, 0.1) is 11.3 Å². The number of nitrogens with zero attached hydrogens (tertiary/aromatic N) is 2. The van der Waals surface area contributed by atoms with Crippen LogP contribution in [0.3, 0.4) is 0 Å². The average Bonchev–Trinajstić information content (AvgIpc) is 2.85. The number of hydrogen-bond acceptors (Lipinski definition) is 2. The van der Waals surface area contributed by atoms with Crippen LogP contribution in [0.5, 0.6) is 0 Å². The second kappa shape index (κ2) is 5.58. The van der Waals surface area contributed by atoms with Gasteiger partial charge < -0.3 is 9.72 Å². The molecule has 0 aliphatic heterocycles. The second-order valence-corrected chi connectivity index (χ2v) is 5.31. The van der Waals surface area contributed by atoms with Gasteiger partial charge in [-0.25, -0.2) is 4.98 Å². The van der Waals surface area contributed by atoms with E-state index >= 15 is 0 Å². The molecule has 0 unspecified atom stereocenters. The number of imidazole rings is 1. The van der Waals surface area contributed by atoms with Crippen molar-refractivity contribution in [1.82, 2.24) is 14.7 Å². The maximum atomic E-state index is 12.2. The van der Waals surface area contributed by atoms with Crippen molar-refractivity contribution in [3.63, 3.8) is 0 Å². The van der Waals surface area contributed by atoms with E-state index < -0.39 is 0 Å². The highest BCUT2D eigenvalue weighted by Crippen LogP contribution is 2.10. The van der Waals surface area contributed by atoms with Crippen LogP contribution in [-0.2, 0) is 6.54 Å². The molecule has 0 saturated heterocycles. The van der Waals surface area contributed by atoms with E-state index in [-0.39, 0.29) is 5.91 Å². The van der Waals surface area contributed by atoms with E-state index in [1.165, 1.54) is 0 Å². The summed E-state index contributed by atoms with van der Waals surface area (Å²) in [5, 5.41) is 3.58. The van der Waals surface area contributed by atoms with Crippen molar-refractivity contribution in [2.75, 3.05) is 0 Å². The molecule has 3 aromatic rings. The van der Waals surface area contributed by atoms with Crippen LogP contribution in [0.4, 0.5) is 0 Å². The Labute approximate surface area is 127 Å². The van der Waals surface area contributed by atoms with E-state index in [1.807, 2.05) is 47.9 Å². The van der Waals surface area contributed by atoms with Crippen molar-refractivity contribution < 1.29 is 4.79 Å². The van der Waals surface area contributed by atoms with Gasteiger partial charge in [-0.1, -0.05) is 23.7 Å². The Morgan fingerprint density at radius 1 is 1.19 bits per heavy atom. The first kappa shape index (κ1) is 13.6. The Hall–Kier alpha value is -2.33. The molecule has 2 heterocycles. The van der Waals surface area contributed by atoms with Crippen LogP contribution in [0.1, 0.15) is 21.6 Å². The molecule has 2 aromatic heterocycles. The van der Waals surface area contributed by atoms with Gasteiger partial charge >= 0.3 is 0 Å². The number of benzene rings is 1. The van der Waals surface area contributed by atoms with Crippen LogP contribution in [0, 0.1) is 6.92 Å². The van der Waals surface area contributed by atoms with Crippen LogP contribution in [0.25, 0.3) is 5.65 Å². The van der Waals surface area contributed by atoms with Crippen molar-refractivity contribution in [2.45, 2.75) is 13.5 Å². The minimum absolute atomic E-state index is 0.113. The fourth-order valence-corrected chi connectivity index (χ4v) is 2.27. The highest BCUT2D eigenvalue weighted by Gasteiger charge is 2.07. The molecule has 3 rings (SSSR count). The standard InChI is InChI=1S/C16H14ClN3O/c1-11-9-20-10-13(4-7-15(20)19-11)16(21)18-8-12-2-5-14(17)6-3-12/h2-7,9-10H,8H2,1H3,(H,18,21). The monoisotopic (exact) mass is 299 g/mol. The average molecular weight is 300 g/mol. The first-order valence-corrected chi connectivity index (χ1v) is 6.97. The Kier molecular flexibility index (Phi) is 3.62. The number of hydrogen-bond donors (Lipinski definition) is 1. The van der Waals surface area contributed by atoms with Crippen LogP contribution in [0.2, 0.25) is 5.02 Å². The summed E-state index contributed by atoms with van der Waals surface area (Å²) in [6.45, 7) is 2.39. The van der Waals surface area contributed by atoms with Crippen LogP contribution in [0.15, 0.2) is 48.8 Å². The molecular formula is C16H14ClN3O. The zero-order valence-electron chi connectivity index (χ0n) is 11.5. The predicted molar refractivity (Wildman–Crippen MR) is 82.6 cm³/mol. The Morgan fingerprint density at radius 2 is 1.95 bits per heavy atom. The second-order valence-electron chi connectivity index (χ2n) is 4.87. The van der Waals surface area contributed by atoms with E-state index in [2.05, 4.69) is 10.3 Å². The minimum Gasteiger partial charge on any atom is -0.348 e. The molecule has 1 N–H and O–H groups in total. The number of aromatic nitrogens is 2. The summed E-state index contributed by atoms with van der Waals surface area (Å²) >= 11 is 5.83. The SMILES string of the molecule is Cc1cn2cc(C(=O)NCc3ccc(Cl)cc3)ccc2n1. The van der Waals surface area contributed by atoms with E-state index in [1.54, 1.807) is 12.3 Å². The molecule has 1 amide bonds. The lowest BCUT2D eigenvalue weighted by atomic mass is 10.2. The topological polar surface area (TPSA) is 46.4 Å². The smallest absolute Gasteiger partial charge is 0.253 e. The Bertz CT molecular complexity index is 793. The third-order valence-corrected chi connectivity index (χ3v) is 3.45. The van der Waals surface area contributed by atoms with Gasteiger partial charge in [0.2, 0.25) is 0 Å². The predicted octanol–water partition coefficient (Wildman–Crippen LogP) is 3.23. The molecule has 21 heavy (non-hydrogen) atoms. The third kappa shape index (κ3) is 3.06. The molecule has 0 saturated carbocycles. The van der Waals surface area contributed by atoms with Gasteiger partial charge in [-0.3, -0.25) is 4.79 Å². The quantitative estimate of drug-likeness (QED) is 0.807. The molecule has 0 aliphatic rings. The summed E-state index contributed by atoms with van der Waals surface area (Å²) in [6, 6.07) is 11.0. The lowest BCUT2D eigenvalue weighted by Gasteiger charge is -2.06. The number of rotatable bonds is 3. The van der Waals surface area contributed by atoms with Crippen LogP contribution < -0.4 is 5.32 Å². The van der Waals surface area contributed by atoms with E-state index in [0.717, 1.165) is 16.9 Å². The summed E-state index contributed by atoms with van der Waals surface area (Å²) < 4.78 is 1.85. The zero-order valence-corrected chi connectivity index (χ0v) is 12.3. The molecule has 0 atom stereocenters. The number of aryl methyl sites for hydroxylation is 1. The maximum Gasteiger partial charge on any atom is 0.253 e. The fraction of sp³-hybridized carbons (Fsp3) is 0.125. The molecule has 0 spiro atoms. The first-order valence-electron chi connectivity index (χ1n) is 6.60. The zero-order chi connectivity index (χ0) is 14.8. The number of carbonyl (C=O) groups excluding carboxylic acids is 1. The lowest BCUT2D eigenvalue weighted by molar-refractivity contribution is 0.0950. The number of amides is 1. The highest BCUT2D eigenvalue weighted by molar-refractivity contribution is 6.30. The fourth-order valence-electron chi connectivity index (χ4n) is 2.14. The van der Waals surface area contributed by atoms with Crippen LogP contribution in [-0.4, -0.2) is 15.3 Å². The minimum atomic E-state index is -0.113. The number of nitrogens with one attached hydrogen (secondary N) is 1. The number of fused-ring (bicyclic) bond motifs is 1. The molecule has 5 heteroatoms. The van der Waals surface area contributed by atoms with Crippen molar-refractivity contribution in [1.29, 1.82) is 0 Å². The Morgan fingerprint density at radius 3 is 2.71 bits per heavy atom. The molecule has 0 bridgehead atoms. The van der Waals surface area contributed by atoms with E-state index in [9.17, 15) is 4.79 Å². The van der Waals surface area contributed by atoms with Gasteiger partial charge in [0, 0.05) is 24.0 Å². The summed E-state index contributed by atoms with van der Waals surface area (Å²) in [6.07, 6.45) is 3.68. The number of carbonyl (C=O) groups is 1. The van der Waals surface area contributed by atoms with Gasteiger partial charge in [0.15, 0.2) is 0 Å². The van der Waals surface area contributed by atoms with E-state index in [0.29, 0.717) is 17.1 Å². The van der Waals surface area contributed by atoms with Gasteiger partial charge in [-0.2, -0.15) is 0 Å². The molecular weight excluding hydrogens is 286 g/mol. The summed E-state index contributed by atoms with van der Waals surface area (Å²) in [5.74, 6) is -0.113. The van der Waals surface area contributed by atoms with Crippen molar-refractivity contribution in [2.24, 2.45) is 0 Å². The highest BCUT2D eigenvalue weighted by atomic mass is 35.5. The van der Waals surface area contributed by atoms with Gasteiger partial charge in [-0.05, 0) is 36.8 Å². The third-order valence-electron chi connectivity index (χ3n) is 3.20. The molecule has 0 aliphatic carbocycles. The van der Waals surface area contributed by atoms with Gasteiger partial charge in [0.25, 0.3) is 5.91 Å². The summed E-state index contributed by atoms with van der Waals surface area (Å²) in [5.41, 5.74) is 3.37. The molecule has 0 fully saturated rings. The largest absolute Gasteiger partial charge is 0.348 e. The van der Waals surface area contributed by atoms with Gasteiger partial charge in [0.1, 0.15) is 5.65 Å². The Balaban J connectivity index is 1.72. The van der Waals surface area contributed by atoms with Gasteiger partial charge in [-0.15, -0.1) is 0 Å². The maximum absolute atomic E-state index is 12.2. The van der Waals surface area contributed by atoms with Crippen molar-refractivity contribution >= 4 is 23.2 Å². The molecule has 106 valence electrons. The van der Waals surface area contributed by atoms with E-state index in [4.69, 9.17) is 11.6 Å². The number of halogens is 1. The number of pyridine rings is 1. The molecule has 4 nitrogen and oxygen atoms in total. The molecule has 0 radical (unpaired) electrons. The van der Waals surface area contributed by atoms with Crippen molar-refractivity contribution in [3.8, 4) is 0 Å². The first-order chi connectivity index (χ1) is 10.1.